The lowest BCUT2D eigenvalue weighted by molar-refractivity contribution is -0.140. The van der Waals surface area contributed by atoms with E-state index in [2.05, 4.69) is 10.2 Å². The van der Waals surface area contributed by atoms with Crippen LogP contribution in [0.3, 0.4) is 0 Å². The number of ether oxygens (including phenoxy) is 1. The highest BCUT2D eigenvalue weighted by Crippen LogP contribution is 2.23. The summed E-state index contributed by atoms with van der Waals surface area (Å²) >= 11 is 0. The van der Waals surface area contributed by atoms with Gasteiger partial charge in [0.05, 0.1) is 6.42 Å². The number of hydrogen-bond donors (Lipinski definition) is 0. The van der Waals surface area contributed by atoms with Crippen molar-refractivity contribution in [1.29, 1.82) is 0 Å². The summed E-state index contributed by atoms with van der Waals surface area (Å²) in [5.74, 6) is 0.319. The molecule has 0 bridgehead atoms. The lowest BCUT2D eigenvalue weighted by atomic mass is 10.1. The number of esters is 1. The van der Waals surface area contributed by atoms with E-state index in [9.17, 15) is 4.79 Å². The molecule has 0 aliphatic carbocycles. The van der Waals surface area contributed by atoms with Gasteiger partial charge in [0.2, 0.25) is 0 Å². The smallest absolute Gasteiger partial charge is 0.306 e. The summed E-state index contributed by atoms with van der Waals surface area (Å²) in [7, 11) is 3.36. The van der Waals surface area contributed by atoms with Gasteiger partial charge >= 0.3 is 5.97 Å². The van der Waals surface area contributed by atoms with E-state index in [1.54, 1.807) is 0 Å². The minimum atomic E-state index is -0.0641. The Morgan fingerprint density at radius 3 is 2.78 bits per heavy atom. The number of carbonyl (C=O) groups is 1. The van der Waals surface area contributed by atoms with Gasteiger partial charge in [0.1, 0.15) is 6.10 Å². The summed E-state index contributed by atoms with van der Waals surface area (Å²) in [6.07, 6.45) is 0.681. The van der Waals surface area contributed by atoms with E-state index in [0.29, 0.717) is 12.3 Å². The second-order valence-electron chi connectivity index (χ2n) is 2.36. The van der Waals surface area contributed by atoms with Crippen molar-refractivity contribution in [3.8, 4) is 0 Å². The molecule has 0 amide bonds. The second kappa shape index (κ2) is 2.52. The monoisotopic (exact) mass is 141 g/mol. The molecule has 2 atom stereocenters. The van der Waals surface area contributed by atoms with Crippen LogP contribution in [-0.2, 0) is 9.53 Å². The van der Waals surface area contributed by atoms with E-state index >= 15 is 0 Å². The SMILES string of the molecule is CC1OC(=O)CC1C[Si]. The van der Waals surface area contributed by atoms with Crippen LogP contribution in [0, 0.1) is 5.92 Å². The first kappa shape index (κ1) is 6.80. The highest BCUT2D eigenvalue weighted by atomic mass is 28.1. The fraction of sp³-hybridized carbons (Fsp3) is 0.833. The number of rotatable bonds is 1. The maximum Gasteiger partial charge on any atom is 0.306 e. The summed E-state index contributed by atoms with van der Waals surface area (Å²) in [4.78, 5) is 10.6. The van der Waals surface area contributed by atoms with Crippen molar-refractivity contribution in [2.45, 2.75) is 25.5 Å². The zero-order chi connectivity index (χ0) is 6.85. The zero-order valence-electron chi connectivity index (χ0n) is 5.39. The molecule has 1 heterocycles. The van der Waals surface area contributed by atoms with Crippen LogP contribution in [-0.4, -0.2) is 22.3 Å². The largest absolute Gasteiger partial charge is 0.462 e. The average Bonchev–Trinajstić information content (AvgIpc) is 2.10. The Hall–Kier alpha value is -0.313. The predicted octanol–water partition coefficient (Wildman–Crippen LogP) is 0.525. The molecule has 0 aromatic heterocycles. The Morgan fingerprint density at radius 2 is 2.56 bits per heavy atom. The first-order chi connectivity index (χ1) is 4.24. The van der Waals surface area contributed by atoms with E-state index in [1.807, 2.05) is 6.92 Å². The molecule has 2 unspecified atom stereocenters. The molecule has 1 fully saturated rings. The minimum absolute atomic E-state index is 0.0641. The topological polar surface area (TPSA) is 26.3 Å². The molecule has 1 aliphatic rings. The fourth-order valence-electron chi connectivity index (χ4n) is 0.970. The van der Waals surface area contributed by atoms with Crippen molar-refractivity contribution < 1.29 is 9.53 Å². The van der Waals surface area contributed by atoms with E-state index in [-0.39, 0.29) is 12.1 Å². The Balaban J connectivity index is 2.47. The number of hydrogen-bond acceptors (Lipinski definition) is 2. The van der Waals surface area contributed by atoms with Gasteiger partial charge in [0.15, 0.2) is 0 Å². The highest BCUT2D eigenvalue weighted by molar-refractivity contribution is 6.08. The van der Waals surface area contributed by atoms with Gasteiger partial charge in [-0.05, 0) is 6.92 Å². The summed E-state index contributed by atoms with van der Waals surface area (Å²) < 4.78 is 4.89. The molecule has 3 radical (unpaired) electrons. The van der Waals surface area contributed by atoms with Crippen LogP contribution in [0.2, 0.25) is 6.04 Å². The maximum atomic E-state index is 10.6. The second-order valence-corrected chi connectivity index (χ2v) is 2.77. The van der Waals surface area contributed by atoms with Crippen LogP contribution < -0.4 is 0 Å². The van der Waals surface area contributed by atoms with Crippen molar-refractivity contribution in [3.63, 3.8) is 0 Å². The van der Waals surface area contributed by atoms with Gasteiger partial charge in [-0.3, -0.25) is 4.79 Å². The Labute approximate surface area is 58.0 Å². The highest BCUT2D eigenvalue weighted by Gasteiger charge is 2.29. The third-order valence-corrected chi connectivity index (χ3v) is 2.20. The molecule has 2 nitrogen and oxygen atoms in total. The van der Waals surface area contributed by atoms with E-state index in [0.717, 1.165) is 6.04 Å². The molecular formula is C6H9O2Si. The van der Waals surface area contributed by atoms with Crippen LogP contribution in [0.5, 0.6) is 0 Å². The van der Waals surface area contributed by atoms with Gasteiger partial charge in [-0.1, -0.05) is 6.04 Å². The fourth-order valence-corrected chi connectivity index (χ4v) is 1.45. The molecule has 9 heavy (non-hydrogen) atoms. The molecule has 0 spiro atoms. The molecule has 0 aromatic rings. The third-order valence-electron chi connectivity index (χ3n) is 1.67. The first-order valence-electron chi connectivity index (χ1n) is 3.08. The van der Waals surface area contributed by atoms with Crippen molar-refractivity contribution in [1.82, 2.24) is 0 Å². The van der Waals surface area contributed by atoms with Crippen molar-refractivity contribution in [3.05, 3.63) is 0 Å². The number of cyclic esters (lactones) is 1. The predicted molar refractivity (Wildman–Crippen MR) is 34.2 cm³/mol. The van der Waals surface area contributed by atoms with Gasteiger partial charge in [-0.15, -0.1) is 0 Å². The zero-order valence-corrected chi connectivity index (χ0v) is 6.39. The van der Waals surface area contributed by atoms with Gasteiger partial charge < -0.3 is 4.74 Å². The van der Waals surface area contributed by atoms with Crippen LogP contribution in [0.4, 0.5) is 0 Å². The summed E-state index contributed by atoms with van der Waals surface area (Å²) in [5.41, 5.74) is 0. The Bertz CT molecular complexity index is 124. The van der Waals surface area contributed by atoms with E-state index in [1.165, 1.54) is 0 Å². The average molecular weight is 141 g/mol. The van der Waals surface area contributed by atoms with Crippen LogP contribution in [0.1, 0.15) is 13.3 Å². The lowest BCUT2D eigenvalue weighted by Crippen LogP contribution is -2.09. The molecule has 0 saturated carbocycles. The van der Waals surface area contributed by atoms with Crippen LogP contribution >= 0.6 is 0 Å². The maximum absolute atomic E-state index is 10.6. The van der Waals surface area contributed by atoms with Gasteiger partial charge in [0, 0.05) is 16.2 Å². The van der Waals surface area contributed by atoms with Gasteiger partial charge in [-0.25, -0.2) is 0 Å². The van der Waals surface area contributed by atoms with Crippen LogP contribution in [0.15, 0.2) is 0 Å². The number of carbonyl (C=O) groups excluding carboxylic acids is 1. The molecule has 0 N–H and O–H groups in total. The van der Waals surface area contributed by atoms with E-state index < -0.39 is 0 Å². The molecule has 0 aromatic carbocycles. The standard InChI is InChI=1S/C6H9O2Si/c1-4-5(3-9)2-6(7)8-4/h4-5H,2-3H2,1H3. The molecule has 3 heteroatoms. The molecule has 1 rings (SSSR count). The molecule has 49 valence electrons. The molecule has 1 saturated heterocycles. The Morgan fingerprint density at radius 1 is 1.89 bits per heavy atom. The third kappa shape index (κ3) is 1.33. The van der Waals surface area contributed by atoms with Crippen molar-refractivity contribution in [2.24, 2.45) is 5.92 Å². The summed E-state index contributed by atoms with van der Waals surface area (Å²) in [6.45, 7) is 1.93. The first-order valence-corrected chi connectivity index (χ1v) is 3.79. The summed E-state index contributed by atoms with van der Waals surface area (Å²) in [6, 6.07) is 0.854. The van der Waals surface area contributed by atoms with E-state index in [4.69, 9.17) is 4.74 Å². The van der Waals surface area contributed by atoms with Crippen LogP contribution in [0.25, 0.3) is 0 Å². The minimum Gasteiger partial charge on any atom is -0.462 e. The molecular weight excluding hydrogens is 132 g/mol. The lowest BCUT2D eigenvalue weighted by Gasteiger charge is -2.07. The normalized spacial score (nSPS) is 34.7. The van der Waals surface area contributed by atoms with Gasteiger partial charge in [0.25, 0.3) is 0 Å². The molecule has 1 aliphatic heterocycles. The van der Waals surface area contributed by atoms with Crippen molar-refractivity contribution >= 4 is 16.2 Å². The van der Waals surface area contributed by atoms with Gasteiger partial charge in [-0.2, -0.15) is 0 Å². The van der Waals surface area contributed by atoms with Crippen molar-refractivity contribution in [2.75, 3.05) is 0 Å². The quantitative estimate of drug-likeness (QED) is 0.393. The summed E-state index contributed by atoms with van der Waals surface area (Å²) in [5, 5.41) is 0. The Kier molecular flexibility index (Phi) is 1.90.